The zero-order valence-electron chi connectivity index (χ0n) is 9.58. The van der Waals surface area contributed by atoms with E-state index >= 15 is 0 Å². The third kappa shape index (κ3) is 1.74. The van der Waals surface area contributed by atoms with Crippen molar-refractivity contribution in [2.24, 2.45) is 0 Å². The number of nitrogens with two attached hydrogens (primary N) is 1. The van der Waals surface area contributed by atoms with Gasteiger partial charge >= 0.3 is 0 Å². The maximum Gasteiger partial charge on any atom is 0.189 e. The molecule has 3 aromatic heterocycles. The monoisotopic (exact) mass is 260 g/mol. The van der Waals surface area contributed by atoms with Gasteiger partial charge in [0.15, 0.2) is 23.1 Å². The second kappa shape index (κ2) is 4.18. The second-order valence-corrected chi connectivity index (χ2v) is 3.83. The second-order valence-electron chi connectivity index (χ2n) is 3.83. The summed E-state index contributed by atoms with van der Waals surface area (Å²) in [5.41, 5.74) is 2.84. The van der Waals surface area contributed by atoms with Gasteiger partial charge in [0.1, 0.15) is 0 Å². The fraction of sp³-hybridized carbons (Fsp3) is 0. The smallest absolute Gasteiger partial charge is 0.189 e. The Morgan fingerprint density at radius 1 is 1.37 bits per heavy atom. The number of rotatable bonds is 2. The van der Waals surface area contributed by atoms with E-state index in [1.54, 1.807) is 30.0 Å². The van der Waals surface area contributed by atoms with Crippen molar-refractivity contribution < 1.29 is 9.60 Å². The van der Waals surface area contributed by atoms with Gasteiger partial charge in [-0.3, -0.25) is 9.88 Å². The van der Waals surface area contributed by atoms with Gasteiger partial charge in [0.05, 0.1) is 6.20 Å². The van der Waals surface area contributed by atoms with E-state index in [0.29, 0.717) is 11.2 Å². The summed E-state index contributed by atoms with van der Waals surface area (Å²) in [6, 6.07) is 3.56. The summed E-state index contributed by atoms with van der Waals surface area (Å²) in [5.74, 6) is 4.96. The molecule has 0 spiro atoms. The molecule has 0 fully saturated rings. The van der Waals surface area contributed by atoms with Gasteiger partial charge in [0, 0.05) is 23.3 Å². The van der Waals surface area contributed by atoms with Crippen LogP contribution in [0.25, 0.3) is 22.4 Å². The molecule has 0 aromatic carbocycles. The summed E-state index contributed by atoms with van der Waals surface area (Å²) in [7, 11) is 0. The van der Waals surface area contributed by atoms with Crippen LogP contribution < -0.4 is 11.3 Å². The largest absolute Gasteiger partial charge is 0.338 e. The van der Waals surface area contributed by atoms with Crippen molar-refractivity contribution in [3.05, 3.63) is 36.5 Å². The predicted molar refractivity (Wildman–Crippen MR) is 66.3 cm³/mol. The fourth-order valence-electron chi connectivity index (χ4n) is 1.84. The van der Waals surface area contributed by atoms with Crippen LogP contribution in [0.15, 0.2) is 30.7 Å². The molecule has 0 aliphatic rings. The van der Waals surface area contributed by atoms with Crippen LogP contribution in [0.1, 0.15) is 0 Å². The van der Waals surface area contributed by atoms with Gasteiger partial charge in [-0.2, -0.15) is 0 Å². The van der Waals surface area contributed by atoms with E-state index in [2.05, 4.69) is 15.0 Å². The number of halogens is 1. The number of nitrogens with zero attached hydrogens (tertiary/aromatic N) is 4. The average Bonchev–Trinajstić information content (AvgIpc) is 2.77. The van der Waals surface area contributed by atoms with Crippen LogP contribution in [0.4, 0.5) is 10.2 Å². The van der Waals surface area contributed by atoms with Crippen LogP contribution in [-0.2, 0) is 0 Å². The normalized spacial score (nSPS) is 10.8. The van der Waals surface area contributed by atoms with Crippen LogP contribution in [0, 0.1) is 5.82 Å². The molecular formula is C11H9FN6O. The van der Waals surface area contributed by atoms with E-state index in [1.807, 2.05) is 0 Å². The van der Waals surface area contributed by atoms with Crippen LogP contribution in [-0.4, -0.2) is 24.8 Å². The fourth-order valence-corrected chi connectivity index (χ4v) is 1.84. The van der Waals surface area contributed by atoms with Crippen molar-refractivity contribution in [1.82, 2.24) is 19.6 Å². The zero-order chi connectivity index (χ0) is 13.4. The van der Waals surface area contributed by atoms with Gasteiger partial charge in [0.2, 0.25) is 0 Å². The summed E-state index contributed by atoms with van der Waals surface area (Å²) in [6.45, 7) is 0. The molecule has 4 N–H and O–H groups in total. The van der Waals surface area contributed by atoms with E-state index in [1.165, 1.54) is 4.68 Å². The molecule has 3 aromatic rings. The van der Waals surface area contributed by atoms with Crippen LogP contribution in [0.5, 0.6) is 0 Å². The van der Waals surface area contributed by atoms with Crippen LogP contribution in [0.2, 0.25) is 0 Å². The first kappa shape index (κ1) is 11.4. The Balaban J connectivity index is 2.24. The highest BCUT2D eigenvalue weighted by molar-refractivity contribution is 5.92. The molecule has 0 atom stereocenters. The van der Waals surface area contributed by atoms with Crippen molar-refractivity contribution in [2.45, 2.75) is 0 Å². The molecule has 8 heteroatoms. The average molecular weight is 260 g/mol. The maximum atomic E-state index is 13.2. The number of nitrogens with one attached hydrogen (secondary N) is 1. The summed E-state index contributed by atoms with van der Waals surface area (Å²) in [6.07, 6.45) is 4.17. The van der Waals surface area contributed by atoms with Crippen molar-refractivity contribution in [2.75, 3.05) is 11.3 Å². The van der Waals surface area contributed by atoms with E-state index in [-0.39, 0.29) is 11.6 Å². The number of anilines is 1. The zero-order valence-corrected chi connectivity index (χ0v) is 9.58. The lowest BCUT2D eigenvalue weighted by molar-refractivity contribution is 0.380. The summed E-state index contributed by atoms with van der Waals surface area (Å²) < 4.78 is 14.6. The van der Waals surface area contributed by atoms with Crippen molar-refractivity contribution in [3.8, 4) is 11.4 Å². The topological polar surface area (TPSA) is 102 Å². The Morgan fingerprint density at radius 2 is 2.21 bits per heavy atom. The van der Waals surface area contributed by atoms with Crippen molar-refractivity contribution >= 4 is 16.9 Å². The highest BCUT2D eigenvalue weighted by Crippen LogP contribution is 2.26. The van der Waals surface area contributed by atoms with Crippen LogP contribution in [0.3, 0.4) is 0 Å². The minimum absolute atomic E-state index is 0.236. The number of nitrogen functional groups attached to an aromatic ring is 1. The highest BCUT2D eigenvalue weighted by Gasteiger charge is 2.14. The minimum atomic E-state index is -0.749. The summed E-state index contributed by atoms with van der Waals surface area (Å²) >= 11 is 0. The molecule has 0 aliphatic heterocycles. The van der Waals surface area contributed by atoms with Crippen molar-refractivity contribution in [1.29, 1.82) is 0 Å². The molecule has 3 heterocycles. The molecule has 0 unspecified atom stereocenters. The van der Waals surface area contributed by atoms with E-state index < -0.39 is 5.82 Å². The van der Waals surface area contributed by atoms with Crippen molar-refractivity contribution in [3.63, 3.8) is 0 Å². The van der Waals surface area contributed by atoms with Gasteiger partial charge in [-0.25, -0.2) is 24.8 Å². The Labute approximate surface area is 106 Å². The number of hydrogen-bond acceptors (Lipinski definition) is 6. The van der Waals surface area contributed by atoms with Gasteiger partial charge in [-0.15, -0.1) is 0 Å². The molecule has 3 rings (SSSR count). The van der Waals surface area contributed by atoms with Gasteiger partial charge in [0.25, 0.3) is 0 Å². The summed E-state index contributed by atoms with van der Waals surface area (Å²) in [5, 5.41) is 9.52. The number of aromatic nitrogens is 4. The highest BCUT2D eigenvalue weighted by atomic mass is 19.1. The SMILES string of the molecule is Nn1cc(-c2ncc(F)c(NO)n2)c2cccnc21. The molecule has 19 heavy (non-hydrogen) atoms. The van der Waals surface area contributed by atoms with Gasteiger partial charge < -0.3 is 5.84 Å². The van der Waals surface area contributed by atoms with Gasteiger partial charge in [-0.1, -0.05) is 0 Å². The maximum absolute atomic E-state index is 13.2. The number of fused-ring (bicyclic) bond motifs is 1. The molecule has 0 radical (unpaired) electrons. The molecule has 0 saturated heterocycles. The number of pyridine rings is 1. The first-order valence-electron chi connectivity index (χ1n) is 5.35. The molecular weight excluding hydrogens is 251 g/mol. The lowest BCUT2D eigenvalue weighted by Crippen LogP contribution is -2.06. The van der Waals surface area contributed by atoms with E-state index in [4.69, 9.17) is 11.0 Å². The van der Waals surface area contributed by atoms with E-state index in [9.17, 15) is 4.39 Å². The third-order valence-corrected chi connectivity index (χ3v) is 2.68. The molecule has 0 bridgehead atoms. The van der Waals surface area contributed by atoms with Gasteiger partial charge in [-0.05, 0) is 12.1 Å². The molecule has 7 nitrogen and oxygen atoms in total. The summed E-state index contributed by atoms with van der Waals surface area (Å²) in [4.78, 5) is 11.9. The Kier molecular flexibility index (Phi) is 2.50. The van der Waals surface area contributed by atoms with E-state index in [0.717, 1.165) is 11.6 Å². The minimum Gasteiger partial charge on any atom is -0.338 e. The third-order valence-electron chi connectivity index (χ3n) is 2.68. The standard InChI is InChI=1S/C11H9FN6O/c12-8-4-15-9(16-10(8)17-19)7-5-18(13)11-6(7)2-1-3-14-11/h1-5,19H,13H2,(H,15,16,17). The Hall–Kier alpha value is -2.74. The Morgan fingerprint density at radius 3 is 3.00 bits per heavy atom. The Bertz CT molecular complexity index is 756. The molecule has 0 aliphatic carbocycles. The molecule has 96 valence electrons. The first-order chi connectivity index (χ1) is 9.20. The quantitative estimate of drug-likeness (QED) is 0.472. The predicted octanol–water partition coefficient (Wildman–Crippen LogP) is 1.15. The number of hydrogen-bond donors (Lipinski definition) is 3. The lowest BCUT2D eigenvalue weighted by atomic mass is 10.2. The van der Waals surface area contributed by atoms with Crippen LogP contribution >= 0.6 is 0 Å². The molecule has 0 saturated carbocycles. The molecule has 0 amide bonds. The lowest BCUT2D eigenvalue weighted by Gasteiger charge is -2.02. The first-order valence-corrected chi connectivity index (χ1v) is 5.35.